The summed E-state index contributed by atoms with van der Waals surface area (Å²) in [5, 5.41) is 8.53. The quantitative estimate of drug-likeness (QED) is 0.538. The summed E-state index contributed by atoms with van der Waals surface area (Å²) in [6.45, 7) is 0.824. The first-order valence-corrected chi connectivity index (χ1v) is 6.40. The van der Waals surface area contributed by atoms with Gasteiger partial charge in [-0.3, -0.25) is 0 Å². The molecular weight excluding hydrogens is 204 g/mol. The molecule has 0 aliphatic heterocycles. The molecule has 0 atom stereocenters. The van der Waals surface area contributed by atoms with E-state index in [9.17, 15) is 8.42 Å². The van der Waals surface area contributed by atoms with E-state index in [2.05, 4.69) is 0 Å². The minimum absolute atomic E-state index is 0.00347. The molecule has 5 nitrogen and oxygen atoms in total. The first-order valence-electron chi connectivity index (χ1n) is 4.79. The van der Waals surface area contributed by atoms with Crippen LogP contribution in [0, 0.1) is 0 Å². The second kappa shape index (κ2) is 7.17. The summed E-state index contributed by atoms with van der Waals surface area (Å²) in [6, 6.07) is 0. The maximum atomic E-state index is 11.4. The van der Waals surface area contributed by atoms with Gasteiger partial charge >= 0.3 is 0 Å². The number of hydrogen-bond acceptors (Lipinski definition) is 4. The molecule has 14 heavy (non-hydrogen) atoms. The van der Waals surface area contributed by atoms with Gasteiger partial charge in [-0.1, -0.05) is 0 Å². The zero-order chi connectivity index (χ0) is 11.0. The molecule has 0 fully saturated rings. The molecule has 0 saturated heterocycles. The maximum Gasteiger partial charge on any atom is 0.215 e. The van der Waals surface area contributed by atoms with Gasteiger partial charge in [0.15, 0.2) is 0 Å². The predicted octanol–water partition coefficient (Wildman–Crippen LogP) is -0.631. The van der Waals surface area contributed by atoms with Crippen molar-refractivity contribution >= 4 is 10.0 Å². The Bertz CT molecular complexity index is 229. The van der Waals surface area contributed by atoms with E-state index in [0.29, 0.717) is 6.54 Å². The fourth-order valence-corrected chi connectivity index (χ4v) is 2.08. The topological polar surface area (TPSA) is 83.6 Å². The summed E-state index contributed by atoms with van der Waals surface area (Å²) in [6.07, 6.45) is 2.35. The number of nitrogens with two attached hydrogens (primary N) is 1. The van der Waals surface area contributed by atoms with Gasteiger partial charge in [0.2, 0.25) is 10.0 Å². The van der Waals surface area contributed by atoms with Crippen LogP contribution in [0.5, 0.6) is 0 Å². The third-order valence-corrected chi connectivity index (χ3v) is 3.87. The highest BCUT2D eigenvalue weighted by molar-refractivity contribution is 7.89. The lowest BCUT2D eigenvalue weighted by Gasteiger charge is -2.16. The van der Waals surface area contributed by atoms with E-state index in [1.807, 2.05) is 0 Å². The smallest absolute Gasteiger partial charge is 0.215 e. The molecule has 86 valence electrons. The second-order valence-electron chi connectivity index (χ2n) is 3.21. The molecule has 0 aromatic rings. The SMILES string of the molecule is CN(CCCCCO)S(=O)(=O)CCN. The summed E-state index contributed by atoms with van der Waals surface area (Å²) in [4.78, 5) is 0. The van der Waals surface area contributed by atoms with E-state index in [1.54, 1.807) is 7.05 Å². The number of aliphatic hydroxyl groups excluding tert-OH is 1. The first kappa shape index (κ1) is 13.8. The van der Waals surface area contributed by atoms with E-state index < -0.39 is 10.0 Å². The molecule has 6 heteroatoms. The Kier molecular flexibility index (Phi) is 7.08. The molecule has 0 radical (unpaired) electrons. The molecule has 0 bridgehead atoms. The van der Waals surface area contributed by atoms with Crippen LogP contribution in [0.15, 0.2) is 0 Å². The lowest BCUT2D eigenvalue weighted by Crippen LogP contribution is -2.32. The van der Waals surface area contributed by atoms with E-state index in [0.717, 1.165) is 19.3 Å². The minimum Gasteiger partial charge on any atom is -0.396 e. The van der Waals surface area contributed by atoms with Gasteiger partial charge in [-0.2, -0.15) is 0 Å². The van der Waals surface area contributed by atoms with Crippen LogP contribution in [0.2, 0.25) is 0 Å². The summed E-state index contributed by atoms with van der Waals surface area (Å²) < 4.78 is 24.1. The molecule has 0 rings (SSSR count). The highest BCUT2D eigenvalue weighted by atomic mass is 32.2. The number of unbranched alkanes of at least 4 members (excludes halogenated alkanes) is 2. The van der Waals surface area contributed by atoms with Gasteiger partial charge in [0, 0.05) is 26.7 Å². The molecule has 0 aliphatic carbocycles. The first-order chi connectivity index (χ1) is 6.54. The maximum absolute atomic E-state index is 11.4. The lowest BCUT2D eigenvalue weighted by molar-refractivity contribution is 0.281. The lowest BCUT2D eigenvalue weighted by atomic mass is 10.2. The molecule has 0 saturated carbocycles. The fourth-order valence-electron chi connectivity index (χ4n) is 1.07. The highest BCUT2D eigenvalue weighted by Gasteiger charge is 2.15. The molecule has 0 aliphatic rings. The number of aliphatic hydroxyl groups is 1. The standard InChI is InChI=1S/C8H20N2O3S/c1-10(6-3-2-4-7-11)14(12,13)8-5-9/h11H,2-9H2,1H3. The van der Waals surface area contributed by atoms with E-state index in [1.165, 1.54) is 4.31 Å². The van der Waals surface area contributed by atoms with Crippen molar-refractivity contribution in [1.82, 2.24) is 4.31 Å². The van der Waals surface area contributed by atoms with Crippen LogP contribution in [0.3, 0.4) is 0 Å². The van der Waals surface area contributed by atoms with Crippen LogP contribution in [0.4, 0.5) is 0 Å². The van der Waals surface area contributed by atoms with Crippen molar-refractivity contribution in [3.05, 3.63) is 0 Å². The normalized spacial score (nSPS) is 12.3. The predicted molar refractivity (Wildman–Crippen MR) is 56.4 cm³/mol. The van der Waals surface area contributed by atoms with Crippen LogP contribution in [-0.4, -0.2) is 50.3 Å². The van der Waals surface area contributed by atoms with Gasteiger partial charge in [0.05, 0.1) is 5.75 Å². The van der Waals surface area contributed by atoms with Crippen LogP contribution in [0.25, 0.3) is 0 Å². The van der Waals surface area contributed by atoms with Crippen molar-refractivity contribution in [2.24, 2.45) is 5.73 Å². The van der Waals surface area contributed by atoms with Gasteiger partial charge in [0.1, 0.15) is 0 Å². The summed E-state index contributed by atoms with van der Waals surface area (Å²) >= 11 is 0. The molecule has 0 aromatic carbocycles. The van der Waals surface area contributed by atoms with Gasteiger partial charge in [-0.15, -0.1) is 0 Å². The minimum atomic E-state index is -3.15. The third-order valence-electron chi connectivity index (χ3n) is 1.98. The Morgan fingerprint density at radius 3 is 2.43 bits per heavy atom. The Hall–Kier alpha value is -0.170. The Balaban J connectivity index is 3.78. The summed E-state index contributed by atoms with van der Waals surface area (Å²) in [5.74, 6) is 0.00347. The van der Waals surface area contributed by atoms with Gasteiger partial charge < -0.3 is 10.8 Å². The highest BCUT2D eigenvalue weighted by Crippen LogP contribution is 2.02. The van der Waals surface area contributed by atoms with Crippen molar-refractivity contribution in [2.75, 3.05) is 32.5 Å². The fraction of sp³-hybridized carbons (Fsp3) is 1.00. The monoisotopic (exact) mass is 224 g/mol. The summed E-state index contributed by atoms with van der Waals surface area (Å²) in [7, 11) is -1.59. The zero-order valence-corrected chi connectivity index (χ0v) is 9.46. The molecule has 3 N–H and O–H groups in total. The number of rotatable bonds is 8. The van der Waals surface area contributed by atoms with Crippen LogP contribution >= 0.6 is 0 Å². The van der Waals surface area contributed by atoms with Crippen molar-refractivity contribution in [3.8, 4) is 0 Å². The van der Waals surface area contributed by atoms with Crippen LogP contribution in [0.1, 0.15) is 19.3 Å². The molecular formula is C8H20N2O3S. The molecule has 0 amide bonds. The van der Waals surface area contributed by atoms with E-state index in [-0.39, 0.29) is 18.9 Å². The van der Waals surface area contributed by atoms with Gasteiger partial charge in [0.25, 0.3) is 0 Å². The van der Waals surface area contributed by atoms with Crippen molar-refractivity contribution in [3.63, 3.8) is 0 Å². The average molecular weight is 224 g/mol. The van der Waals surface area contributed by atoms with Crippen LogP contribution in [-0.2, 0) is 10.0 Å². The third kappa shape index (κ3) is 5.54. The number of nitrogens with zero attached hydrogens (tertiary/aromatic N) is 1. The van der Waals surface area contributed by atoms with Gasteiger partial charge in [-0.25, -0.2) is 12.7 Å². The number of hydrogen-bond donors (Lipinski definition) is 2. The zero-order valence-electron chi connectivity index (χ0n) is 8.65. The van der Waals surface area contributed by atoms with Gasteiger partial charge in [-0.05, 0) is 19.3 Å². The molecule has 0 heterocycles. The Morgan fingerprint density at radius 1 is 1.29 bits per heavy atom. The molecule has 0 unspecified atom stereocenters. The number of sulfonamides is 1. The van der Waals surface area contributed by atoms with E-state index in [4.69, 9.17) is 10.8 Å². The Labute approximate surface area is 85.9 Å². The average Bonchev–Trinajstić information content (AvgIpc) is 2.12. The van der Waals surface area contributed by atoms with Crippen molar-refractivity contribution in [2.45, 2.75) is 19.3 Å². The largest absolute Gasteiger partial charge is 0.396 e. The molecule has 0 spiro atoms. The molecule has 0 aromatic heterocycles. The second-order valence-corrected chi connectivity index (χ2v) is 5.41. The van der Waals surface area contributed by atoms with E-state index >= 15 is 0 Å². The van der Waals surface area contributed by atoms with Crippen molar-refractivity contribution in [1.29, 1.82) is 0 Å². The summed E-state index contributed by atoms with van der Waals surface area (Å²) in [5.41, 5.74) is 5.19. The van der Waals surface area contributed by atoms with Crippen LogP contribution < -0.4 is 5.73 Å². The van der Waals surface area contributed by atoms with Crippen molar-refractivity contribution < 1.29 is 13.5 Å². The Morgan fingerprint density at radius 2 is 1.93 bits per heavy atom.